The maximum absolute atomic E-state index is 11.6. The first-order chi connectivity index (χ1) is 8.06. The van der Waals surface area contributed by atoms with E-state index in [-0.39, 0.29) is 5.91 Å². The summed E-state index contributed by atoms with van der Waals surface area (Å²) in [6.07, 6.45) is 0.461. The van der Waals surface area contributed by atoms with Crippen LogP contribution in [0.2, 0.25) is 0 Å². The van der Waals surface area contributed by atoms with E-state index in [1.54, 1.807) is 18.2 Å². The summed E-state index contributed by atoms with van der Waals surface area (Å²) in [6, 6.07) is 6.95. The van der Waals surface area contributed by atoms with Crippen LogP contribution in [0.3, 0.4) is 0 Å². The molecule has 0 radical (unpaired) electrons. The number of amides is 1. The molecule has 17 heavy (non-hydrogen) atoms. The van der Waals surface area contributed by atoms with Crippen molar-refractivity contribution in [2.45, 2.75) is 20.3 Å². The molecule has 0 aromatic heterocycles. The number of hydrogen-bond donors (Lipinski definition) is 1. The van der Waals surface area contributed by atoms with Crippen LogP contribution in [0.1, 0.15) is 25.8 Å². The van der Waals surface area contributed by atoms with Gasteiger partial charge in [-0.25, -0.2) is 0 Å². The fourth-order valence-electron chi connectivity index (χ4n) is 1.44. The third-order valence-electron chi connectivity index (χ3n) is 2.20. The molecule has 0 spiro atoms. The molecule has 0 aliphatic rings. The molecule has 0 bridgehead atoms. The van der Waals surface area contributed by atoms with Gasteiger partial charge in [0.25, 0.3) is 0 Å². The third-order valence-corrected chi connectivity index (χ3v) is 2.20. The summed E-state index contributed by atoms with van der Waals surface area (Å²) in [5, 5.41) is 11.5. The minimum Gasteiger partial charge on any atom is -0.495 e. The summed E-state index contributed by atoms with van der Waals surface area (Å²) < 4.78 is 5.13. The molecule has 1 amide bonds. The lowest BCUT2D eigenvalue weighted by atomic mass is 10.1. The van der Waals surface area contributed by atoms with Gasteiger partial charge in [-0.15, -0.1) is 0 Å². The average molecular weight is 232 g/mol. The fourth-order valence-corrected chi connectivity index (χ4v) is 1.44. The molecule has 4 nitrogen and oxygen atoms in total. The number of carbonyl (C=O) groups is 1. The lowest BCUT2D eigenvalue weighted by molar-refractivity contribution is -0.116. The van der Waals surface area contributed by atoms with Crippen LogP contribution >= 0.6 is 0 Å². The Hall–Kier alpha value is -2.02. The molecule has 1 aromatic rings. The second kappa shape index (κ2) is 5.90. The van der Waals surface area contributed by atoms with Crippen molar-refractivity contribution in [3.63, 3.8) is 0 Å². The lowest BCUT2D eigenvalue weighted by Crippen LogP contribution is -2.14. The van der Waals surface area contributed by atoms with Gasteiger partial charge in [-0.1, -0.05) is 13.8 Å². The second-order valence-electron chi connectivity index (χ2n) is 4.17. The number of methoxy groups -OCH3 is 1. The first-order valence-electron chi connectivity index (χ1n) is 5.44. The SMILES string of the molecule is COc1cc(C#N)ccc1NC(=O)CC(C)C. The number of rotatable bonds is 4. The van der Waals surface area contributed by atoms with Crippen molar-refractivity contribution < 1.29 is 9.53 Å². The van der Waals surface area contributed by atoms with E-state index in [2.05, 4.69) is 5.32 Å². The summed E-state index contributed by atoms with van der Waals surface area (Å²) in [5.41, 5.74) is 1.10. The molecule has 4 heteroatoms. The molecule has 0 unspecified atom stereocenters. The summed E-state index contributed by atoms with van der Waals surface area (Å²) in [5.74, 6) is 0.753. The predicted octanol–water partition coefficient (Wildman–Crippen LogP) is 2.55. The largest absolute Gasteiger partial charge is 0.495 e. The van der Waals surface area contributed by atoms with E-state index in [0.29, 0.717) is 29.3 Å². The van der Waals surface area contributed by atoms with Crippen LogP contribution in [-0.4, -0.2) is 13.0 Å². The zero-order chi connectivity index (χ0) is 12.8. The lowest BCUT2D eigenvalue weighted by Gasteiger charge is -2.11. The number of carbonyl (C=O) groups excluding carboxylic acids is 1. The Morgan fingerprint density at radius 3 is 2.76 bits per heavy atom. The van der Waals surface area contributed by atoms with E-state index in [9.17, 15) is 4.79 Å². The van der Waals surface area contributed by atoms with Gasteiger partial charge in [-0.05, 0) is 18.1 Å². The standard InChI is InChI=1S/C13H16N2O2/c1-9(2)6-13(16)15-11-5-4-10(8-14)7-12(11)17-3/h4-5,7,9H,6H2,1-3H3,(H,15,16). The number of anilines is 1. The van der Waals surface area contributed by atoms with Gasteiger partial charge in [0.2, 0.25) is 5.91 Å². The van der Waals surface area contributed by atoms with Gasteiger partial charge in [0.15, 0.2) is 0 Å². The molecule has 0 saturated carbocycles. The summed E-state index contributed by atoms with van der Waals surface area (Å²) in [7, 11) is 1.51. The van der Waals surface area contributed by atoms with E-state index >= 15 is 0 Å². The molecular formula is C13H16N2O2. The third kappa shape index (κ3) is 3.80. The summed E-state index contributed by atoms with van der Waals surface area (Å²) in [4.78, 5) is 11.6. The highest BCUT2D eigenvalue weighted by Gasteiger charge is 2.09. The molecule has 1 rings (SSSR count). The van der Waals surface area contributed by atoms with Crippen molar-refractivity contribution >= 4 is 11.6 Å². The Morgan fingerprint density at radius 1 is 1.53 bits per heavy atom. The van der Waals surface area contributed by atoms with Crippen LogP contribution in [0.15, 0.2) is 18.2 Å². The van der Waals surface area contributed by atoms with Gasteiger partial charge in [-0.2, -0.15) is 5.26 Å². The first kappa shape index (κ1) is 13.0. The number of hydrogen-bond acceptors (Lipinski definition) is 3. The minimum atomic E-state index is -0.0528. The van der Waals surface area contributed by atoms with Crippen LogP contribution in [-0.2, 0) is 4.79 Å². The molecule has 0 fully saturated rings. The van der Waals surface area contributed by atoms with Crippen LogP contribution in [0, 0.1) is 17.2 Å². The van der Waals surface area contributed by atoms with E-state index in [1.807, 2.05) is 19.9 Å². The topological polar surface area (TPSA) is 62.1 Å². The number of ether oxygens (including phenoxy) is 1. The van der Waals surface area contributed by atoms with E-state index < -0.39 is 0 Å². The molecule has 1 N–H and O–H groups in total. The van der Waals surface area contributed by atoms with Crippen LogP contribution in [0.5, 0.6) is 5.75 Å². The summed E-state index contributed by atoms with van der Waals surface area (Å²) >= 11 is 0. The maximum Gasteiger partial charge on any atom is 0.224 e. The van der Waals surface area contributed by atoms with Gasteiger partial charge in [0.05, 0.1) is 24.4 Å². The average Bonchev–Trinajstić information content (AvgIpc) is 2.28. The number of nitrogens with one attached hydrogen (secondary N) is 1. The normalized spacial score (nSPS) is 9.82. The first-order valence-corrected chi connectivity index (χ1v) is 5.44. The molecule has 0 atom stereocenters. The van der Waals surface area contributed by atoms with Crippen molar-refractivity contribution in [3.8, 4) is 11.8 Å². The fraction of sp³-hybridized carbons (Fsp3) is 0.385. The van der Waals surface area contributed by atoms with Gasteiger partial charge < -0.3 is 10.1 Å². The predicted molar refractivity (Wildman–Crippen MR) is 65.8 cm³/mol. The van der Waals surface area contributed by atoms with E-state index in [4.69, 9.17) is 10.00 Å². The van der Waals surface area contributed by atoms with Crippen molar-refractivity contribution in [1.29, 1.82) is 5.26 Å². The van der Waals surface area contributed by atoms with Crippen LogP contribution < -0.4 is 10.1 Å². The van der Waals surface area contributed by atoms with Gasteiger partial charge in [-0.3, -0.25) is 4.79 Å². The highest BCUT2D eigenvalue weighted by molar-refractivity contribution is 5.92. The molecule has 1 aromatic carbocycles. The molecule has 0 aliphatic carbocycles. The minimum absolute atomic E-state index is 0.0528. The Morgan fingerprint density at radius 2 is 2.24 bits per heavy atom. The monoisotopic (exact) mass is 232 g/mol. The molecular weight excluding hydrogens is 216 g/mol. The Labute approximate surface area is 101 Å². The van der Waals surface area contributed by atoms with Crippen molar-refractivity contribution in [2.75, 3.05) is 12.4 Å². The summed E-state index contributed by atoms with van der Waals surface area (Å²) in [6.45, 7) is 3.96. The van der Waals surface area contributed by atoms with Crippen molar-refractivity contribution in [2.24, 2.45) is 5.92 Å². The zero-order valence-corrected chi connectivity index (χ0v) is 10.3. The second-order valence-corrected chi connectivity index (χ2v) is 4.17. The number of nitriles is 1. The van der Waals surface area contributed by atoms with Crippen LogP contribution in [0.25, 0.3) is 0 Å². The van der Waals surface area contributed by atoms with E-state index in [0.717, 1.165) is 0 Å². The zero-order valence-electron chi connectivity index (χ0n) is 10.3. The smallest absolute Gasteiger partial charge is 0.224 e. The number of nitrogens with zero attached hydrogens (tertiary/aromatic N) is 1. The van der Waals surface area contributed by atoms with Gasteiger partial charge in [0, 0.05) is 12.5 Å². The van der Waals surface area contributed by atoms with Crippen molar-refractivity contribution in [3.05, 3.63) is 23.8 Å². The number of benzene rings is 1. The van der Waals surface area contributed by atoms with E-state index in [1.165, 1.54) is 7.11 Å². The van der Waals surface area contributed by atoms with Gasteiger partial charge >= 0.3 is 0 Å². The Balaban J connectivity index is 2.84. The highest BCUT2D eigenvalue weighted by atomic mass is 16.5. The quantitative estimate of drug-likeness (QED) is 0.867. The molecule has 0 aliphatic heterocycles. The van der Waals surface area contributed by atoms with Crippen molar-refractivity contribution in [1.82, 2.24) is 0 Å². The van der Waals surface area contributed by atoms with Gasteiger partial charge in [0.1, 0.15) is 5.75 Å². The molecule has 0 heterocycles. The molecule has 90 valence electrons. The molecule has 0 saturated heterocycles. The highest BCUT2D eigenvalue weighted by Crippen LogP contribution is 2.25. The van der Waals surface area contributed by atoms with Crippen LogP contribution in [0.4, 0.5) is 5.69 Å². The Kier molecular flexibility index (Phi) is 4.53. The maximum atomic E-state index is 11.6. The Bertz CT molecular complexity index is 447.